The van der Waals surface area contributed by atoms with E-state index in [9.17, 15) is 9.59 Å². The molecule has 2 amide bonds. The molecule has 2 aromatic rings. The van der Waals surface area contributed by atoms with Crippen molar-refractivity contribution in [1.29, 1.82) is 0 Å². The van der Waals surface area contributed by atoms with Crippen LogP contribution >= 0.6 is 11.6 Å². The van der Waals surface area contributed by atoms with Gasteiger partial charge < -0.3 is 4.74 Å². The van der Waals surface area contributed by atoms with Crippen molar-refractivity contribution < 1.29 is 14.3 Å². The maximum Gasteiger partial charge on any atom is 0.269 e. The molecule has 0 unspecified atom stereocenters. The van der Waals surface area contributed by atoms with Gasteiger partial charge in [0.05, 0.1) is 11.6 Å². The van der Waals surface area contributed by atoms with E-state index in [1.807, 2.05) is 6.92 Å². The fourth-order valence-electron chi connectivity index (χ4n) is 1.76. The normalized spacial score (nSPS) is 9.91. The monoisotopic (exact) mass is 318 g/mol. The van der Waals surface area contributed by atoms with Crippen LogP contribution in [0.5, 0.6) is 5.75 Å². The summed E-state index contributed by atoms with van der Waals surface area (Å²) in [6, 6.07) is 13.2. The summed E-state index contributed by atoms with van der Waals surface area (Å²) in [6.45, 7) is 2.33. The molecule has 0 heterocycles. The largest absolute Gasteiger partial charge is 0.492 e. The van der Waals surface area contributed by atoms with Gasteiger partial charge in [0, 0.05) is 11.1 Å². The predicted molar refractivity (Wildman–Crippen MR) is 84.0 cm³/mol. The van der Waals surface area contributed by atoms with E-state index in [2.05, 4.69) is 10.9 Å². The molecule has 0 saturated heterocycles. The molecule has 6 heteroatoms. The molecule has 0 saturated carbocycles. The molecule has 0 radical (unpaired) electrons. The Labute approximate surface area is 133 Å². The van der Waals surface area contributed by atoms with Crippen LogP contribution in [0.4, 0.5) is 0 Å². The molecule has 0 aliphatic heterocycles. The molecule has 0 aliphatic rings. The average molecular weight is 319 g/mol. The number of halogens is 1. The van der Waals surface area contributed by atoms with Crippen LogP contribution in [0.25, 0.3) is 0 Å². The lowest BCUT2D eigenvalue weighted by molar-refractivity contribution is 0.0846. The average Bonchev–Trinajstić information content (AvgIpc) is 2.55. The van der Waals surface area contributed by atoms with Crippen molar-refractivity contribution >= 4 is 23.4 Å². The van der Waals surface area contributed by atoms with E-state index >= 15 is 0 Å². The number of hydrogen-bond acceptors (Lipinski definition) is 3. The zero-order valence-electron chi connectivity index (χ0n) is 11.9. The number of nitrogens with one attached hydrogen (secondary N) is 2. The van der Waals surface area contributed by atoms with Crippen LogP contribution in [0.15, 0.2) is 48.5 Å². The van der Waals surface area contributed by atoms with Gasteiger partial charge in [0.2, 0.25) is 0 Å². The molecule has 0 spiro atoms. The van der Waals surface area contributed by atoms with Crippen molar-refractivity contribution in [2.24, 2.45) is 0 Å². The fraction of sp³-hybridized carbons (Fsp3) is 0.125. The molecule has 0 fully saturated rings. The Morgan fingerprint density at radius 1 is 1.00 bits per heavy atom. The van der Waals surface area contributed by atoms with E-state index in [-0.39, 0.29) is 0 Å². The summed E-state index contributed by atoms with van der Waals surface area (Å²) in [4.78, 5) is 23.8. The Hall–Kier alpha value is -2.53. The highest BCUT2D eigenvalue weighted by Gasteiger charge is 2.11. The number of benzene rings is 2. The third kappa shape index (κ3) is 3.99. The first-order valence-corrected chi connectivity index (χ1v) is 7.07. The van der Waals surface area contributed by atoms with E-state index in [0.29, 0.717) is 28.5 Å². The van der Waals surface area contributed by atoms with Gasteiger partial charge in [-0.25, -0.2) is 0 Å². The summed E-state index contributed by atoms with van der Waals surface area (Å²) in [7, 11) is 0. The Bertz CT molecular complexity index is 674. The van der Waals surface area contributed by atoms with E-state index < -0.39 is 11.8 Å². The molecule has 0 aromatic heterocycles. The summed E-state index contributed by atoms with van der Waals surface area (Å²) in [5.41, 5.74) is 5.45. The first-order chi connectivity index (χ1) is 10.6. The van der Waals surface area contributed by atoms with Gasteiger partial charge in [-0.1, -0.05) is 29.8 Å². The van der Waals surface area contributed by atoms with E-state index in [4.69, 9.17) is 16.3 Å². The smallest absolute Gasteiger partial charge is 0.269 e. The summed E-state index contributed by atoms with van der Waals surface area (Å²) in [6.07, 6.45) is 0. The second-order valence-electron chi connectivity index (χ2n) is 4.35. The van der Waals surface area contributed by atoms with Gasteiger partial charge in [-0.15, -0.1) is 0 Å². The van der Waals surface area contributed by atoms with Gasteiger partial charge in [0.25, 0.3) is 11.8 Å². The standard InChI is InChI=1S/C16H15ClN2O3/c1-2-22-14-9-8-12(10-13(14)17)16(21)19-18-15(20)11-6-4-3-5-7-11/h3-10H,2H2,1H3,(H,18,20)(H,19,21). The number of carbonyl (C=O) groups excluding carboxylic acids is 2. The van der Waals surface area contributed by atoms with Crippen molar-refractivity contribution in [3.05, 3.63) is 64.7 Å². The molecule has 2 aromatic carbocycles. The van der Waals surface area contributed by atoms with Crippen molar-refractivity contribution in [1.82, 2.24) is 10.9 Å². The number of amides is 2. The Balaban J connectivity index is 1.98. The molecule has 5 nitrogen and oxygen atoms in total. The number of carbonyl (C=O) groups is 2. The Morgan fingerprint density at radius 2 is 1.64 bits per heavy atom. The minimum Gasteiger partial charge on any atom is -0.492 e. The maximum absolute atomic E-state index is 12.0. The van der Waals surface area contributed by atoms with Gasteiger partial charge in [-0.2, -0.15) is 0 Å². The number of rotatable bonds is 4. The number of hydrogen-bond donors (Lipinski definition) is 2. The quantitative estimate of drug-likeness (QED) is 0.852. The van der Waals surface area contributed by atoms with E-state index in [0.717, 1.165) is 0 Å². The van der Waals surface area contributed by atoms with Gasteiger partial charge in [-0.05, 0) is 37.3 Å². The number of ether oxygens (including phenoxy) is 1. The van der Waals surface area contributed by atoms with Crippen LogP contribution in [-0.4, -0.2) is 18.4 Å². The second-order valence-corrected chi connectivity index (χ2v) is 4.76. The zero-order chi connectivity index (χ0) is 15.9. The van der Waals surface area contributed by atoms with Crippen molar-refractivity contribution in [3.8, 4) is 5.75 Å². The fourth-order valence-corrected chi connectivity index (χ4v) is 2.00. The highest BCUT2D eigenvalue weighted by Crippen LogP contribution is 2.25. The maximum atomic E-state index is 12.0. The first kappa shape index (κ1) is 15.9. The predicted octanol–water partition coefficient (Wildman–Crippen LogP) is 2.81. The van der Waals surface area contributed by atoms with Gasteiger partial charge in [0.1, 0.15) is 5.75 Å². The minimum absolute atomic E-state index is 0.321. The van der Waals surface area contributed by atoms with Gasteiger partial charge in [-0.3, -0.25) is 20.4 Å². The van der Waals surface area contributed by atoms with Crippen molar-refractivity contribution in [2.45, 2.75) is 6.92 Å². The third-order valence-electron chi connectivity index (χ3n) is 2.82. The molecule has 0 atom stereocenters. The van der Waals surface area contributed by atoms with Crippen LogP contribution in [0.2, 0.25) is 5.02 Å². The Kier molecular flexibility index (Phi) is 5.38. The summed E-state index contributed by atoms with van der Waals surface area (Å²) < 4.78 is 5.29. The lowest BCUT2D eigenvalue weighted by Crippen LogP contribution is -2.41. The molecule has 114 valence electrons. The molecule has 2 N–H and O–H groups in total. The second kappa shape index (κ2) is 7.47. The Morgan fingerprint density at radius 3 is 2.23 bits per heavy atom. The molecular weight excluding hydrogens is 304 g/mol. The summed E-state index contributed by atoms with van der Waals surface area (Å²) >= 11 is 6.02. The summed E-state index contributed by atoms with van der Waals surface area (Å²) in [5.74, 6) is -0.353. The van der Waals surface area contributed by atoms with Crippen LogP contribution in [0, 0.1) is 0 Å². The molecule has 0 bridgehead atoms. The topological polar surface area (TPSA) is 67.4 Å². The van der Waals surface area contributed by atoms with Gasteiger partial charge in [0.15, 0.2) is 0 Å². The zero-order valence-corrected chi connectivity index (χ0v) is 12.7. The van der Waals surface area contributed by atoms with Crippen LogP contribution in [-0.2, 0) is 0 Å². The molecule has 0 aliphatic carbocycles. The van der Waals surface area contributed by atoms with Crippen LogP contribution < -0.4 is 15.6 Å². The molecule has 2 rings (SSSR count). The van der Waals surface area contributed by atoms with Crippen molar-refractivity contribution in [2.75, 3.05) is 6.61 Å². The molecule has 22 heavy (non-hydrogen) atoms. The highest BCUT2D eigenvalue weighted by atomic mass is 35.5. The summed E-state index contributed by atoms with van der Waals surface area (Å²) in [5, 5.41) is 0.337. The van der Waals surface area contributed by atoms with Crippen LogP contribution in [0.3, 0.4) is 0 Å². The first-order valence-electron chi connectivity index (χ1n) is 6.70. The highest BCUT2D eigenvalue weighted by molar-refractivity contribution is 6.32. The van der Waals surface area contributed by atoms with Crippen molar-refractivity contribution in [3.63, 3.8) is 0 Å². The molecular formula is C16H15ClN2O3. The van der Waals surface area contributed by atoms with E-state index in [1.54, 1.807) is 42.5 Å². The number of hydrazine groups is 1. The van der Waals surface area contributed by atoms with Crippen LogP contribution in [0.1, 0.15) is 27.6 Å². The third-order valence-corrected chi connectivity index (χ3v) is 3.11. The lowest BCUT2D eigenvalue weighted by atomic mass is 10.2. The van der Waals surface area contributed by atoms with E-state index in [1.165, 1.54) is 6.07 Å². The van der Waals surface area contributed by atoms with Gasteiger partial charge >= 0.3 is 0 Å². The minimum atomic E-state index is -0.464. The lowest BCUT2D eigenvalue weighted by Gasteiger charge is -2.09. The SMILES string of the molecule is CCOc1ccc(C(=O)NNC(=O)c2ccccc2)cc1Cl.